The normalized spacial score (nSPS) is 14.3. The van der Waals surface area contributed by atoms with Crippen LogP contribution < -0.4 is 10.1 Å². The second-order valence-electron chi connectivity index (χ2n) is 5.58. The average Bonchev–Trinajstić information content (AvgIpc) is 2.90. The summed E-state index contributed by atoms with van der Waals surface area (Å²) < 4.78 is 6.08. The largest absolute Gasteiger partial charge is 0.472 e. The number of nitrogens with one attached hydrogen (secondary N) is 2. The quantitative estimate of drug-likeness (QED) is 0.611. The summed E-state index contributed by atoms with van der Waals surface area (Å²) >= 11 is 0. The van der Waals surface area contributed by atoms with Crippen molar-refractivity contribution in [1.29, 1.82) is 0 Å². The minimum atomic E-state index is -0.591. The van der Waals surface area contributed by atoms with Gasteiger partial charge >= 0.3 is 0 Å². The van der Waals surface area contributed by atoms with Gasteiger partial charge in [-0.15, -0.1) is 0 Å². The van der Waals surface area contributed by atoms with Gasteiger partial charge in [0, 0.05) is 16.3 Å². The molecule has 4 heteroatoms. The van der Waals surface area contributed by atoms with Gasteiger partial charge in [-0.05, 0) is 38.1 Å². The number of hydrogen-bond donors (Lipinski definition) is 3. The van der Waals surface area contributed by atoms with E-state index in [4.69, 9.17) is 4.74 Å². The molecule has 2 aromatic carbocycles. The van der Waals surface area contributed by atoms with E-state index < -0.39 is 12.3 Å². The molecule has 0 radical (unpaired) electrons. The number of fused-ring (bicyclic) bond motifs is 3. The first kappa shape index (κ1) is 14.9. The molecule has 2 atom stereocenters. The van der Waals surface area contributed by atoms with Crippen molar-refractivity contribution in [2.24, 2.45) is 0 Å². The molecular formula is C18H22N2O2. The van der Waals surface area contributed by atoms with Crippen LogP contribution in [0, 0.1) is 0 Å². The third-order valence-electron chi connectivity index (χ3n) is 3.78. The minimum absolute atomic E-state index is 0.417. The summed E-state index contributed by atoms with van der Waals surface area (Å²) in [6.07, 6.45) is -0.0182. The van der Waals surface area contributed by atoms with Gasteiger partial charge in [0.1, 0.15) is 11.9 Å². The average molecular weight is 298 g/mol. The van der Waals surface area contributed by atoms with Crippen molar-refractivity contribution in [2.75, 3.05) is 6.54 Å². The van der Waals surface area contributed by atoms with Crippen LogP contribution in [0.5, 0.6) is 5.75 Å². The lowest BCUT2D eigenvalue weighted by Gasteiger charge is -2.23. The summed E-state index contributed by atoms with van der Waals surface area (Å²) in [6.45, 7) is 4.63. The number of para-hydroxylation sites is 1. The number of rotatable bonds is 6. The number of aliphatic hydroxyl groups is 1. The lowest BCUT2D eigenvalue weighted by Crippen LogP contribution is -2.43. The molecule has 0 bridgehead atoms. The van der Waals surface area contributed by atoms with E-state index in [1.54, 1.807) is 6.92 Å². The van der Waals surface area contributed by atoms with Crippen molar-refractivity contribution in [3.05, 3.63) is 42.5 Å². The van der Waals surface area contributed by atoms with Crippen molar-refractivity contribution in [2.45, 2.75) is 32.6 Å². The third-order valence-corrected chi connectivity index (χ3v) is 3.78. The van der Waals surface area contributed by atoms with Gasteiger partial charge in [0.25, 0.3) is 0 Å². The Morgan fingerprint density at radius 1 is 1.14 bits per heavy atom. The van der Waals surface area contributed by atoms with E-state index in [0.29, 0.717) is 0 Å². The number of hydrogen-bond acceptors (Lipinski definition) is 3. The van der Waals surface area contributed by atoms with Crippen molar-refractivity contribution in [3.8, 4) is 5.75 Å². The number of benzene rings is 2. The molecule has 0 spiro atoms. The summed E-state index contributed by atoms with van der Waals surface area (Å²) in [5.74, 6) is 0.782. The van der Waals surface area contributed by atoms with E-state index in [1.807, 2.05) is 30.3 Å². The molecule has 0 saturated carbocycles. The highest BCUT2D eigenvalue weighted by Crippen LogP contribution is 2.33. The van der Waals surface area contributed by atoms with Gasteiger partial charge in [-0.25, -0.2) is 0 Å². The zero-order valence-electron chi connectivity index (χ0n) is 13.0. The fourth-order valence-corrected chi connectivity index (χ4v) is 2.70. The van der Waals surface area contributed by atoms with E-state index in [2.05, 4.69) is 29.4 Å². The molecule has 0 saturated heterocycles. The second kappa shape index (κ2) is 6.38. The van der Waals surface area contributed by atoms with Crippen LogP contribution in [-0.2, 0) is 0 Å². The lowest BCUT2D eigenvalue weighted by molar-refractivity contribution is 0.0282. The number of H-pyrrole nitrogens is 1. The zero-order chi connectivity index (χ0) is 15.5. The van der Waals surface area contributed by atoms with E-state index in [-0.39, 0.29) is 0 Å². The molecule has 3 rings (SSSR count). The monoisotopic (exact) mass is 298 g/mol. The molecule has 1 aromatic heterocycles. The van der Waals surface area contributed by atoms with Crippen LogP contribution in [0.15, 0.2) is 42.5 Å². The Hall–Kier alpha value is -2.04. The molecule has 3 aromatic rings. The standard InChI is InChI=1S/C18H22N2O2/c1-3-11-19-18(12(2)21)22-16-10-6-9-15-17(16)13-7-4-5-8-14(13)20-15/h4-10,12,18-21H,3,11H2,1-2H3. The summed E-state index contributed by atoms with van der Waals surface area (Å²) in [5, 5.41) is 15.4. The van der Waals surface area contributed by atoms with Crippen molar-refractivity contribution < 1.29 is 9.84 Å². The van der Waals surface area contributed by atoms with Crippen molar-refractivity contribution in [1.82, 2.24) is 10.3 Å². The summed E-state index contributed by atoms with van der Waals surface area (Å²) in [4.78, 5) is 3.40. The van der Waals surface area contributed by atoms with Crippen LogP contribution in [0.25, 0.3) is 21.8 Å². The molecule has 0 aliphatic rings. The molecule has 2 unspecified atom stereocenters. The zero-order valence-corrected chi connectivity index (χ0v) is 13.0. The third kappa shape index (κ3) is 2.80. The predicted octanol–water partition coefficient (Wildman–Crippen LogP) is 3.41. The van der Waals surface area contributed by atoms with Gasteiger partial charge in [-0.2, -0.15) is 0 Å². The van der Waals surface area contributed by atoms with Crippen LogP contribution >= 0.6 is 0 Å². The molecule has 4 nitrogen and oxygen atoms in total. The number of aliphatic hydroxyl groups excluding tert-OH is 1. The molecular weight excluding hydrogens is 276 g/mol. The first-order valence-electron chi connectivity index (χ1n) is 7.78. The van der Waals surface area contributed by atoms with E-state index >= 15 is 0 Å². The molecule has 3 N–H and O–H groups in total. The second-order valence-corrected chi connectivity index (χ2v) is 5.58. The maximum atomic E-state index is 9.94. The Morgan fingerprint density at radius 3 is 2.68 bits per heavy atom. The fraction of sp³-hybridized carbons (Fsp3) is 0.333. The highest BCUT2D eigenvalue weighted by molar-refractivity contribution is 6.10. The van der Waals surface area contributed by atoms with Crippen LogP contribution in [0.1, 0.15) is 20.3 Å². The highest BCUT2D eigenvalue weighted by atomic mass is 16.5. The smallest absolute Gasteiger partial charge is 0.176 e. The Bertz CT molecular complexity index is 764. The molecule has 0 aliphatic heterocycles. The lowest BCUT2D eigenvalue weighted by atomic mass is 10.1. The molecule has 116 valence electrons. The van der Waals surface area contributed by atoms with Crippen LogP contribution in [0.2, 0.25) is 0 Å². The van der Waals surface area contributed by atoms with Gasteiger partial charge in [0.15, 0.2) is 6.23 Å². The molecule has 22 heavy (non-hydrogen) atoms. The minimum Gasteiger partial charge on any atom is -0.472 e. The highest BCUT2D eigenvalue weighted by Gasteiger charge is 2.18. The first-order chi connectivity index (χ1) is 10.7. The molecule has 0 aliphatic carbocycles. The maximum Gasteiger partial charge on any atom is 0.176 e. The Morgan fingerprint density at radius 2 is 1.91 bits per heavy atom. The maximum absolute atomic E-state index is 9.94. The molecule has 0 fully saturated rings. The van der Waals surface area contributed by atoms with Gasteiger partial charge in [0.05, 0.1) is 5.52 Å². The SMILES string of the molecule is CCCNC(Oc1cccc2[nH]c3ccccc3c12)C(C)O. The summed E-state index contributed by atoms with van der Waals surface area (Å²) in [5.41, 5.74) is 2.13. The van der Waals surface area contributed by atoms with Gasteiger partial charge in [-0.1, -0.05) is 31.2 Å². The Labute approximate surface area is 130 Å². The number of aromatic nitrogens is 1. The van der Waals surface area contributed by atoms with Gasteiger partial charge in [0.2, 0.25) is 0 Å². The summed E-state index contributed by atoms with van der Waals surface area (Å²) in [6, 6.07) is 14.1. The predicted molar refractivity (Wildman–Crippen MR) is 90.2 cm³/mol. The van der Waals surface area contributed by atoms with E-state index in [1.165, 1.54) is 0 Å². The Balaban J connectivity index is 2.02. The van der Waals surface area contributed by atoms with Gasteiger partial charge in [-0.3, -0.25) is 5.32 Å². The van der Waals surface area contributed by atoms with Crippen LogP contribution in [-0.4, -0.2) is 29.0 Å². The van der Waals surface area contributed by atoms with Crippen LogP contribution in [0.4, 0.5) is 0 Å². The fourth-order valence-electron chi connectivity index (χ4n) is 2.70. The number of aromatic amines is 1. The van der Waals surface area contributed by atoms with E-state index in [9.17, 15) is 5.11 Å². The molecule has 0 amide bonds. The molecule has 1 heterocycles. The van der Waals surface area contributed by atoms with Crippen molar-refractivity contribution >= 4 is 21.8 Å². The number of ether oxygens (including phenoxy) is 1. The van der Waals surface area contributed by atoms with Crippen molar-refractivity contribution in [3.63, 3.8) is 0 Å². The van der Waals surface area contributed by atoms with Crippen LogP contribution in [0.3, 0.4) is 0 Å². The Kier molecular flexibility index (Phi) is 4.32. The summed E-state index contributed by atoms with van der Waals surface area (Å²) in [7, 11) is 0. The first-order valence-corrected chi connectivity index (χ1v) is 7.78. The van der Waals surface area contributed by atoms with E-state index in [0.717, 1.165) is 40.5 Å². The van der Waals surface area contributed by atoms with Gasteiger partial charge < -0.3 is 14.8 Å². The topological polar surface area (TPSA) is 57.3 Å².